The van der Waals surface area contributed by atoms with E-state index in [2.05, 4.69) is 0 Å². The highest BCUT2D eigenvalue weighted by molar-refractivity contribution is 6.31. The molecule has 1 aromatic rings. The van der Waals surface area contributed by atoms with Crippen molar-refractivity contribution in [2.45, 2.75) is 24.9 Å². The van der Waals surface area contributed by atoms with E-state index in [1.54, 1.807) is 25.3 Å². The first-order valence-electron chi connectivity index (χ1n) is 4.69. The molecule has 0 aliphatic heterocycles. The molecule has 0 N–H and O–H groups in total. The van der Waals surface area contributed by atoms with Crippen LogP contribution < -0.4 is 0 Å². The Kier molecular flexibility index (Phi) is 2.69. The molecular formula is C11H11ClF2O. The molecule has 0 amide bonds. The zero-order valence-electron chi connectivity index (χ0n) is 8.27. The Balaban J connectivity index is 2.21. The zero-order valence-corrected chi connectivity index (χ0v) is 9.02. The van der Waals surface area contributed by atoms with Crippen molar-refractivity contribution in [3.8, 4) is 0 Å². The zero-order chi connectivity index (χ0) is 11.1. The average molecular weight is 233 g/mol. The predicted molar refractivity (Wildman–Crippen MR) is 54.5 cm³/mol. The molecule has 0 spiro atoms. The van der Waals surface area contributed by atoms with Crippen LogP contribution in [-0.2, 0) is 11.3 Å². The van der Waals surface area contributed by atoms with Gasteiger partial charge in [-0.15, -0.1) is 0 Å². The van der Waals surface area contributed by atoms with Gasteiger partial charge in [-0.05, 0) is 17.2 Å². The Morgan fingerprint density at radius 2 is 2.20 bits per heavy atom. The minimum Gasteiger partial charge on any atom is -0.380 e. The molecule has 1 atom stereocenters. The number of hydrogen-bond acceptors (Lipinski definition) is 1. The van der Waals surface area contributed by atoms with Gasteiger partial charge in [-0.25, -0.2) is 8.78 Å². The second-order valence-corrected chi connectivity index (χ2v) is 4.21. The van der Waals surface area contributed by atoms with Gasteiger partial charge in [0.2, 0.25) is 0 Å². The van der Waals surface area contributed by atoms with Crippen molar-refractivity contribution in [3.63, 3.8) is 0 Å². The maximum Gasteiger partial charge on any atom is 0.255 e. The van der Waals surface area contributed by atoms with E-state index in [1.165, 1.54) is 0 Å². The standard InChI is InChI=1S/C11H11ClF2O/c1-15-6-7-2-3-8(10(12)4-7)9-5-11(9,13)14/h2-4,9H,5-6H2,1H3/t9-/m0/s1. The molecule has 1 aliphatic carbocycles. The molecule has 0 unspecified atom stereocenters. The van der Waals surface area contributed by atoms with Crippen LogP contribution in [0.4, 0.5) is 8.78 Å². The van der Waals surface area contributed by atoms with Crippen molar-refractivity contribution in [1.29, 1.82) is 0 Å². The number of rotatable bonds is 3. The van der Waals surface area contributed by atoms with E-state index < -0.39 is 11.8 Å². The molecule has 15 heavy (non-hydrogen) atoms. The number of benzene rings is 1. The summed E-state index contributed by atoms with van der Waals surface area (Å²) in [6.45, 7) is 0.445. The van der Waals surface area contributed by atoms with E-state index in [0.717, 1.165) is 5.56 Å². The van der Waals surface area contributed by atoms with Gasteiger partial charge in [-0.1, -0.05) is 23.7 Å². The highest BCUT2D eigenvalue weighted by Crippen LogP contribution is 2.57. The lowest BCUT2D eigenvalue weighted by atomic mass is 10.1. The van der Waals surface area contributed by atoms with Crippen LogP contribution >= 0.6 is 11.6 Å². The van der Waals surface area contributed by atoms with E-state index in [1.807, 2.05) is 0 Å². The van der Waals surface area contributed by atoms with E-state index >= 15 is 0 Å². The molecule has 0 saturated heterocycles. The van der Waals surface area contributed by atoms with E-state index in [4.69, 9.17) is 16.3 Å². The molecule has 0 heterocycles. The van der Waals surface area contributed by atoms with Crippen molar-refractivity contribution >= 4 is 11.6 Å². The SMILES string of the molecule is COCc1ccc([C@@H]2CC2(F)F)c(Cl)c1. The summed E-state index contributed by atoms with van der Waals surface area (Å²) in [5, 5.41) is 0.409. The third-order valence-corrected chi connectivity index (χ3v) is 2.90. The van der Waals surface area contributed by atoms with Crippen molar-refractivity contribution in [1.82, 2.24) is 0 Å². The van der Waals surface area contributed by atoms with E-state index in [9.17, 15) is 8.78 Å². The minimum absolute atomic E-state index is 0.0870. The molecule has 82 valence electrons. The number of alkyl halides is 2. The molecule has 0 aromatic heterocycles. The Morgan fingerprint density at radius 3 is 2.67 bits per heavy atom. The van der Waals surface area contributed by atoms with E-state index in [-0.39, 0.29) is 6.42 Å². The number of methoxy groups -OCH3 is 1. The van der Waals surface area contributed by atoms with Gasteiger partial charge in [0, 0.05) is 18.6 Å². The highest BCUT2D eigenvalue weighted by atomic mass is 35.5. The van der Waals surface area contributed by atoms with Gasteiger partial charge in [-0.3, -0.25) is 0 Å². The lowest BCUT2D eigenvalue weighted by Gasteiger charge is -2.05. The van der Waals surface area contributed by atoms with Gasteiger partial charge in [0.05, 0.1) is 12.5 Å². The van der Waals surface area contributed by atoms with Crippen molar-refractivity contribution in [2.24, 2.45) is 0 Å². The summed E-state index contributed by atoms with van der Waals surface area (Å²) in [4.78, 5) is 0. The van der Waals surface area contributed by atoms with Gasteiger partial charge in [0.25, 0.3) is 5.92 Å². The van der Waals surface area contributed by atoms with Crippen LogP contribution in [0.2, 0.25) is 5.02 Å². The summed E-state index contributed by atoms with van der Waals surface area (Å²) < 4.78 is 30.6. The highest BCUT2D eigenvalue weighted by Gasteiger charge is 2.58. The molecule has 1 aliphatic rings. The Hall–Kier alpha value is -0.670. The van der Waals surface area contributed by atoms with Crippen LogP contribution in [0.1, 0.15) is 23.5 Å². The summed E-state index contributed by atoms with van der Waals surface area (Å²) in [5.41, 5.74) is 1.44. The summed E-state index contributed by atoms with van der Waals surface area (Å²) in [6, 6.07) is 5.14. The third-order valence-electron chi connectivity index (χ3n) is 2.58. The normalized spacial score (nSPS) is 22.8. The minimum atomic E-state index is -2.56. The van der Waals surface area contributed by atoms with Gasteiger partial charge >= 0.3 is 0 Å². The number of ether oxygens (including phenoxy) is 1. The van der Waals surface area contributed by atoms with Crippen molar-refractivity contribution in [2.75, 3.05) is 7.11 Å². The van der Waals surface area contributed by atoms with Crippen LogP contribution in [-0.4, -0.2) is 13.0 Å². The van der Waals surface area contributed by atoms with Crippen LogP contribution in [0.15, 0.2) is 18.2 Å². The fourth-order valence-electron chi connectivity index (χ4n) is 1.66. The van der Waals surface area contributed by atoms with Crippen LogP contribution in [0.25, 0.3) is 0 Å². The lowest BCUT2D eigenvalue weighted by Crippen LogP contribution is -1.95. The topological polar surface area (TPSA) is 9.23 Å². The van der Waals surface area contributed by atoms with Gasteiger partial charge in [0.15, 0.2) is 0 Å². The monoisotopic (exact) mass is 232 g/mol. The molecule has 1 aromatic carbocycles. The molecule has 1 nitrogen and oxygen atoms in total. The quantitative estimate of drug-likeness (QED) is 0.774. The maximum atomic E-state index is 12.8. The Labute approximate surface area is 92.0 Å². The van der Waals surface area contributed by atoms with Crippen molar-refractivity contribution in [3.05, 3.63) is 34.3 Å². The second-order valence-electron chi connectivity index (χ2n) is 3.81. The first-order valence-corrected chi connectivity index (χ1v) is 5.07. The number of halogens is 3. The Morgan fingerprint density at radius 1 is 1.53 bits per heavy atom. The molecular weight excluding hydrogens is 222 g/mol. The molecule has 1 saturated carbocycles. The first-order chi connectivity index (χ1) is 7.04. The second kappa shape index (κ2) is 3.72. The summed E-state index contributed by atoms with van der Waals surface area (Å²) in [5.74, 6) is -3.26. The smallest absolute Gasteiger partial charge is 0.255 e. The Bertz CT molecular complexity index is 379. The van der Waals surface area contributed by atoms with Gasteiger partial charge < -0.3 is 4.74 Å². The van der Waals surface area contributed by atoms with Crippen molar-refractivity contribution < 1.29 is 13.5 Å². The molecule has 0 radical (unpaired) electrons. The van der Waals surface area contributed by atoms with Gasteiger partial charge in [0.1, 0.15) is 0 Å². The summed E-state index contributed by atoms with van der Waals surface area (Å²) >= 11 is 5.94. The van der Waals surface area contributed by atoms with Gasteiger partial charge in [-0.2, -0.15) is 0 Å². The maximum absolute atomic E-state index is 12.8. The van der Waals surface area contributed by atoms with Crippen LogP contribution in [0.5, 0.6) is 0 Å². The lowest BCUT2D eigenvalue weighted by molar-refractivity contribution is 0.112. The first kappa shape index (κ1) is 10.8. The molecule has 0 bridgehead atoms. The van der Waals surface area contributed by atoms with Crippen LogP contribution in [0.3, 0.4) is 0 Å². The summed E-state index contributed by atoms with van der Waals surface area (Å²) in [7, 11) is 1.58. The molecule has 2 rings (SSSR count). The van der Waals surface area contributed by atoms with E-state index in [0.29, 0.717) is 17.2 Å². The fourth-order valence-corrected chi connectivity index (χ4v) is 2.00. The predicted octanol–water partition coefficient (Wildman–Crippen LogP) is 3.61. The van der Waals surface area contributed by atoms with Crippen LogP contribution in [0, 0.1) is 0 Å². The third kappa shape index (κ3) is 2.13. The number of hydrogen-bond donors (Lipinski definition) is 0. The summed E-state index contributed by atoms with van der Waals surface area (Å²) in [6.07, 6.45) is -0.0870. The molecule has 4 heteroatoms. The fraction of sp³-hybridized carbons (Fsp3) is 0.455. The molecule has 1 fully saturated rings. The average Bonchev–Trinajstić information content (AvgIpc) is 2.75. The largest absolute Gasteiger partial charge is 0.380 e.